The Morgan fingerprint density at radius 2 is 2.20 bits per heavy atom. The zero-order chi connectivity index (χ0) is 14.7. The Balaban J connectivity index is 2.32. The van der Waals surface area contributed by atoms with Crippen LogP contribution < -0.4 is 5.32 Å². The van der Waals surface area contributed by atoms with E-state index >= 15 is 0 Å². The van der Waals surface area contributed by atoms with Crippen LogP contribution in [0, 0.1) is 0 Å². The van der Waals surface area contributed by atoms with Crippen molar-refractivity contribution in [2.75, 3.05) is 5.32 Å². The Morgan fingerprint density at radius 3 is 2.80 bits per heavy atom. The molecular weight excluding hydrogens is 322 g/mol. The third-order valence-electron chi connectivity index (χ3n) is 2.93. The highest BCUT2D eigenvalue weighted by Crippen LogP contribution is 2.24. The highest BCUT2D eigenvalue weighted by atomic mass is 79.9. The molecule has 0 radical (unpaired) electrons. The maximum absolute atomic E-state index is 11.5. The number of nitrogens with zero attached hydrogens (tertiary/aromatic N) is 2. The van der Waals surface area contributed by atoms with Gasteiger partial charge in [-0.2, -0.15) is 0 Å². The molecule has 0 spiro atoms. The minimum Gasteiger partial charge on any atom is -0.479 e. The van der Waals surface area contributed by atoms with Gasteiger partial charge in [0.2, 0.25) is 0 Å². The van der Waals surface area contributed by atoms with Gasteiger partial charge in [0.05, 0.1) is 18.2 Å². The van der Waals surface area contributed by atoms with Gasteiger partial charge in [0.15, 0.2) is 6.04 Å². The van der Waals surface area contributed by atoms with Crippen molar-refractivity contribution in [3.8, 4) is 0 Å². The van der Waals surface area contributed by atoms with Crippen LogP contribution in [0.1, 0.15) is 31.6 Å². The second kappa shape index (κ2) is 6.09. The lowest BCUT2D eigenvalue weighted by molar-refractivity contribution is -0.138. The lowest BCUT2D eigenvalue weighted by atomic mass is 10.2. The first-order valence-electron chi connectivity index (χ1n) is 6.25. The predicted octanol–water partition coefficient (Wildman–Crippen LogP) is 3.46. The maximum atomic E-state index is 11.5. The monoisotopic (exact) mass is 337 g/mol. The zero-order valence-electron chi connectivity index (χ0n) is 11.2. The molecule has 6 heteroatoms. The molecule has 0 fully saturated rings. The van der Waals surface area contributed by atoms with Crippen LogP contribution in [0.3, 0.4) is 0 Å². The molecule has 1 aromatic carbocycles. The van der Waals surface area contributed by atoms with E-state index in [1.54, 1.807) is 12.5 Å². The van der Waals surface area contributed by atoms with Crippen LogP contribution >= 0.6 is 15.9 Å². The number of aliphatic carboxylic acids is 1. The molecular formula is C14H16BrN3O2. The number of imidazole rings is 1. The molecule has 20 heavy (non-hydrogen) atoms. The Labute approximate surface area is 125 Å². The molecule has 5 nitrogen and oxygen atoms in total. The Morgan fingerprint density at radius 1 is 1.45 bits per heavy atom. The molecule has 1 atom stereocenters. The van der Waals surface area contributed by atoms with E-state index in [2.05, 4.69) is 26.2 Å². The van der Waals surface area contributed by atoms with Crippen LogP contribution in [-0.2, 0) is 4.79 Å². The standard InChI is InChI=1S/C14H16BrN3O2/c1-9(2)18-8-16-7-12(18)13(14(19)20)17-11-5-3-4-10(15)6-11/h3-9,13,17H,1-2H3,(H,19,20). The Kier molecular flexibility index (Phi) is 4.44. The number of anilines is 1. The van der Waals surface area contributed by atoms with Crippen LogP contribution in [0.2, 0.25) is 0 Å². The van der Waals surface area contributed by atoms with E-state index in [1.165, 1.54) is 0 Å². The molecule has 0 saturated heterocycles. The van der Waals surface area contributed by atoms with Crippen molar-refractivity contribution in [1.29, 1.82) is 0 Å². The van der Waals surface area contributed by atoms with Crippen molar-refractivity contribution in [3.05, 3.63) is 47.0 Å². The summed E-state index contributed by atoms with van der Waals surface area (Å²) in [6, 6.07) is 6.72. The van der Waals surface area contributed by atoms with Crippen LogP contribution in [-0.4, -0.2) is 20.6 Å². The van der Waals surface area contributed by atoms with Gasteiger partial charge in [-0.1, -0.05) is 22.0 Å². The molecule has 0 saturated carbocycles. The molecule has 0 bridgehead atoms. The number of aromatic nitrogens is 2. The van der Waals surface area contributed by atoms with Crippen molar-refractivity contribution < 1.29 is 9.90 Å². The van der Waals surface area contributed by atoms with E-state index in [0.717, 1.165) is 10.2 Å². The quantitative estimate of drug-likeness (QED) is 0.876. The smallest absolute Gasteiger partial charge is 0.332 e. The van der Waals surface area contributed by atoms with Gasteiger partial charge in [0.1, 0.15) is 0 Å². The molecule has 0 aliphatic rings. The molecule has 2 aromatic rings. The summed E-state index contributed by atoms with van der Waals surface area (Å²) in [5, 5.41) is 12.5. The fourth-order valence-corrected chi connectivity index (χ4v) is 2.38. The van der Waals surface area contributed by atoms with Gasteiger partial charge < -0.3 is 15.0 Å². The third-order valence-corrected chi connectivity index (χ3v) is 3.42. The molecule has 1 unspecified atom stereocenters. The van der Waals surface area contributed by atoms with Crippen LogP contribution in [0.4, 0.5) is 5.69 Å². The lowest BCUT2D eigenvalue weighted by Gasteiger charge is -2.19. The fraction of sp³-hybridized carbons (Fsp3) is 0.286. The first-order chi connectivity index (χ1) is 9.49. The minimum absolute atomic E-state index is 0.152. The van der Waals surface area contributed by atoms with Gasteiger partial charge in [-0.05, 0) is 32.0 Å². The highest BCUT2D eigenvalue weighted by molar-refractivity contribution is 9.10. The van der Waals surface area contributed by atoms with Gasteiger partial charge >= 0.3 is 5.97 Å². The first kappa shape index (κ1) is 14.6. The largest absolute Gasteiger partial charge is 0.479 e. The first-order valence-corrected chi connectivity index (χ1v) is 7.05. The summed E-state index contributed by atoms with van der Waals surface area (Å²) in [7, 11) is 0. The summed E-state index contributed by atoms with van der Waals surface area (Å²) < 4.78 is 2.74. The lowest BCUT2D eigenvalue weighted by Crippen LogP contribution is -2.24. The average molecular weight is 338 g/mol. The van der Waals surface area contributed by atoms with E-state index in [9.17, 15) is 9.90 Å². The molecule has 0 aliphatic heterocycles. The van der Waals surface area contributed by atoms with Crippen molar-refractivity contribution in [2.45, 2.75) is 25.9 Å². The van der Waals surface area contributed by atoms with E-state index in [4.69, 9.17) is 0 Å². The number of benzene rings is 1. The number of carboxylic acids is 1. The van der Waals surface area contributed by atoms with E-state index in [-0.39, 0.29) is 6.04 Å². The second-order valence-corrected chi connectivity index (χ2v) is 5.66. The number of carboxylic acid groups (broad SMARTS) is 1. The number of carbonyl (C=O) groups is 1. The van der Waals surface area contributed by atoms with Gasteiger partial charge in [-0.3, -0.25) is 0 Å². The highest BCUT2D eigenvalue weighted by Gasteiger charge is 2.24. The summed E-state index contributed by atoms with van der Waals surface area (Å²) in [5.74, 6) is -0.938. The molecule has 2 N–H and O–H groups in total. The molecule has 0 aliphatic carbocycles. The molecule has 0 amide bonds. The van der Waals surface area contributed by atoms with Crippen LogP contribution in [0.15, 0.2) is 41.3 Å². The van der Waals surface area contributed by atoms with Crippen LogP contribution in [0.5, 0.6) is 0 Å². The molecule has 106 valence electrons. The predicted molar refractivity (Wildman–Crippen MR) is 80.8 cm³/mol. The van der Waals surface area contributed by atoms with E-state index < -0.39 is 12.0 Å². The van der Waals surface area contributed by atoms with Gasteiger partial charge in [0.25, 0.3) is 0 Å². The van der Waals surface area contributed by atoms with Gasteiger partial charge in [-0.15, -0.1) is 0 Å². The van der Waals surface area contributed by atoms with Crippen molar-refractivity contribution in [1.82, 2.24) is 9.55 Å². The van der Waals surface area contributed by atoms with E-state index in [0.29, 0.717) is 5.69 Å². The number of rotatable bonds is 5. The zero-order valence-corrected chi connectivity index (χ0v) is 12.8. The van der Waals surface area contributed by atoms with E-state index in [1.807, 2.05) is 42.7 Å². The SMILES string of the molecule is CC(C)n1cncc1C(Nc1cccc(Br)c1)C(=O)O. The molecule has 1 heterocycles. The Hall–Kier alpha value is -1.82. The average Bonchev–Trinajstić information content (AvgIpc) is 2.84. The summed E-state index contributed by atoms with van der Waals surface area (Å²) in [6.45, 7) is 3.98. The summed E-state index contributed by atoms with van der Waals surface area (Å²) in [4.78, 5) is 15.6. The Bertz CT molecular complexity index is 610. The fourth-order valence-electron chi connectivity index (χ4n) is 1.98. The summed E-state index contributed by atoms with van der Waals surface area (Å²) >= 11 is 3.37. The minimum atomic E-state index is -0.938. The second-order valence-electron chi connectivity index (χ2n) is 4.75. The molecule has 2 rings (SSSR count). The normalized spacial score (nSPS) is 12.4. The van der Waals surface area contributed by atoms with Crippen LogP contribution in [0.25, 0.3) is 0 Å². The van der Waals surface area contributed by atoms with Crippen molar-refractivity contribution in [2.24, 2.45) is 0 Å². The van der Waals surface area contributed by atoms with Gasteiger partial charge in [0, 0.05) is 16.2 Å². The molecule has 1 aromatic heterocycles. The van der Waals surface area contributed by atoms with Crippen molar-refractivity contribution in [3.63, 3.8) is 0 Å². The maximum Gasteiger partial charge on any atom is 0.332 e. The summed E-state index contributed by atoms with van der Waals surface area (Å²) in [6.07, 6.45) is 3.24. The third kappa shape index (κ3) is 3.19. The number of hydrogen-bond donors (Lipinski definition) is 2. The number of nitrogens with one attached hydrogen (secondary N) is 1. The summed E-state index contributed by atoms with van der Waals surface area (Å²) in [5.41, 5.74) is 1.37. The number of halogens is 1. The number of hydrogen-bond acceptors (Lipinski definition) is 3. The topological polar surface area (TPSA) is 67.2 Å². The van der Waals surface area contributed by atoms with Gasteiger partial charge in [-0.25, -0.2) is 9.78 Å². The van der Waals surface area contributed by atoms with Crippen molar-refractivity contribution >= 4 is 27.6 Å².